The third-order valence-corrected chi connectivity index (χ3v) is 5.92. The molecule has 0 aromatic heterocycles. The minimum Gasteiger partial charge on any atom is -0.480 e. The Balaban J connectivity index is 1.32. The van der Waals surface area contributed by atoms with Gasteiger partial charge in [-0.1, -0.05) is 48.5 Å². The molecule has 8 nitrogen and oxygen atoms in total. The number of morpholine rings is 1. The van der Waals surface area contributed by atoms with Crippen molar-refractivity contribution in [3.8, 4) is 11.1 Å². The largest absolute Gasteiger partial charge is 0.480 e. The normalized spacial score (nSPS) is 18.4. The average molecular weight is 438 g/mol. The molecule has 1 heterocycles. The number of benzene rings is 2. The Labute approximate surface area is 186 Å². The highest BCUT2D eigenvalue weighted by Crippen LogP contribution is 2.44. The van der Waals surface area contributed by atoms with E-state index >= 15 is 0 Å². The zero-order valence-electron chi connectivity index (χ0n) is 17.8. The third kappa shape index (κ3) is 4.45. The van der Waals surface area contributed by atoms with Gasteiger partial charge in [0.15, 0.2) is 6.04 Å². The van der Waals surface area contributed by atoms with E-state index < -0.39 is 24.1 Å². The van der Waals surface area contributed by atoms with E-state index in [-0.39, 0.29) is 38.0 Å². The van der Waals surface area contributed by atoms with Gasteiger partial charge in [0.05, 0.1) is 13.2 Å². The van der Waals surface area contributed by atoms with Crippen molar-refractivity contribution in [2.45, 2.75) is 31.3 Å². The predicted molar refractivity (Wildman–Crippen MR) is 116 cm³/mol. The van der Waals surface area contributed by atoms with Crippen molar-refractivity contribution < 1.29 is 29.0 Å². The molecule has 32 heavy (non-hydrogen) atoms. The molecule has 4 rings (SSSR count). The second-order valence-corrected chi connectivity index (χ2v) is 8.09. The van der Waals surface area contributed by atoms with E-state index in [1.807, 2.05) is 36.4 Å². The van der Waals surface area contributed by atoms with Crippen LogP contribution >= 0.6 is 0 Å². The summed E-state index contributed by atoms with van der Waals surface area (Å²) in [7, 11) is 0. The lowest BCUT2D eigenvalue weighted by molar-refractivity contribution is -0.158. The van der Waals surface area contributed by atoms with Crippen LogP contribution in [0, 0.1) is 0 Å². The summed E-state index contributed by atoms with van der Waals surface area (Å²) in [6, 6.07) is 14.7. The van der Waals surface area contributed by atoms with E-state index in [9.17, 15) is 19.5 Å². The van der Waals surface area contributed by atoms with Crippen LogP contribution in [0.4, 0.5) is 4.79 Å². The van der Waals surface area contributed by atoms with Gasteiger partial charge in [-0.25, -0.2) is 9.59 Å². The van der Waals surface area contributed by atoms with Crippen LogP contribution in [-0.2, 0) is 19.1 Å². The highest BCUT2D eigenvalue weighted by Gasteiger charge is 2.33. The topological polar surface area (TPSA) is 105 Å². The first kappa shape index (κ1) is 21.8. The summed E-state index contributed by atoms with van der Waals surface area (Å²) < 4.78 is 10.7. The summed E-state index contributed by atoms with van der Waals surface area (Å²) in [6.07, 6.45) is -0.627. The first-order valence-electron chi connectivity index (χ1n) is 10.7. The van der Waals surface area contributed by atoms with Gasteiger partial charge in [0, 0.05) is 24.9 Å². The molecule has 2 amide bonds. The van der Waals surface area contributed by atoms with Gasteiger partial charge in [-0.2, -0.15) is 0 Å². The molecule has 2 aliphatic rings. The molecule has 0 spiro atoms. The molecule has 1 aliphatic heterocycles. The van der Waals surface area contributed by atoms with Crippen molar-refractivity contribution >= 4 is 18.0 Å². The van der Waals surface area contributed by atoms with Crippen molar-refractivity contribution in [1.29, 1.82) is 0 Å². The molecule has 2 aromatic carbocycles. The quantitative estimate of drug-likeness (QED) is 0.718. The number of hydrogen-bond donors (Lipinski definition) is 2. The van der Waals surface area contributed by atoms with Crippen molar-refractivity contribution in [3.05, 3.63) is 59.7 Å². The highest BCUT2D eigenvalue weighted by molar-refractivity contribution is 5.84. The van der Waals surface area contributed by atoms with Crippen LogP contribution in [0.5, 0.6) is 0 Å². The molecule has 168 valence electrons. The average Bonchev–Trinajstić information content (AvgIpc) is 3.11. The van der Waals surface area contributed by atoms with Crippen LogP contribution < -0.4 is 5.32 Å². The number of carbonyl (C=O) groups excluding carboxylic acids is 2. The molecule has 1 saturated heterocycles. The number of amides is 2. The number of hydrogen-bond acceptors (Lipinski definition) is 5. The van der Waals surface area contributed by atoms with Gasteiger partial charge in [0.2, 0.25) is 5.91 Å². The van der Waals surface area contributed by atoms with Crippen LogP contribution in [0.25, 0.3) is 11.1 Å². The van der Waals surface area contributed by atoms with Gasteiger partial charge in [-0.3, -0.25) is 4.79 Å². The monoisotopic (exact) mass is 438 g/mol. The van der Waals surface area contributed by atoms with Crippen LogP contribution in [0.1, 0.15) is 30.4 Å². The molecule has 0 saturated carbocycles. The van der Waals surface area contributed by atoms with Crippen LogP contribution in [-0.4, -0.2) is 66.4 Å². The first-order valence-corrected chi connectivity index (χ1v) is 10.7. The Morgan fingerprint density at radius 1 is 1.12 bits per heavy atom. The Bertz CT molecular complexity index is 978. The number of fused-ring (bicyclic) bond motifs is 3. The number of alkyl carbamates (subject to hydrolysis) is 1. The molecule has 1 fully saturated rings. The lowest BCUT2D eigenvalue weighted by atomic mass is 9.98. The summed E-state index contributed by atoms with van der Waals surface area (Å²) in [5, 5.41) is 12.0. The fraction of sp³-hybridized carbons (Fsp3) is 0.375. The molecule has 2 N–H and O–H groups in total. The summed E-state index contributed by atoms with van der Waals surface area (Å²) in [6.45, 7) is 2.35. The van der Waals surface area contributed by atoms with Crippen molar-refractivity contribution in [3.63, 3.8) is 0 Å². The number of carboxylic acid groups (broad SMARTS) is 1. The number of nitrogens with zero attached hydrogens (tertiary/aromatic N) is 1. The third-order valence-electron chi connectivity index (χ3n) is 5.92. The fourth-order valence-electron chi connectivity index (χ4n) is 4.38. The summed E-state index contributed by atoms with van der Waals surface area (Å²) >= 11 is 0. The molecule has 0 bridgehead atoms. The first-order chi connectivity index (χ1) is 15.5. The summed E-state index contributed by atoms with van der Waals surface area (Å²) in [4.78, 5) is 37.6. The number of carboxylic acids is 1. The molecular formula is C24H26N2O6. The van der Waals surface area contributed by atoms with Gasteiger partial charge in [-0.05, 0) is 29.2 Å². The minimum atomic E-state index is -1.10. The number of nitrogens with one attached hydrogen (secondary N) is 1. The second kappa shape index (κ2) is 9.40. The highest BCUT2D eigenvalue weighted by atomic mass is 16.5. The van der Waals surface area contributed by atoms with Gasteiger partial charge >= 0.3 is 12.1 Å². The van der Waals surface area contributed by atoms with Gasteiger partial charge in [0.25, 0.3) is 0 Å². The maximum Gasteiger partial charge on any atom is 0.407 e. The number of rotatable bonds is 6. The molecule has 2 atom stereocenters. The van der Waals surface area contributed by atoms with E-state index in [1.165, 1.54) is 4.90 Å². The number of carbonyl (C=O) groups is 3. The van der Waals surface area contributed by atoms with Gasteiger partial charge in [0.1, 0.15) is 6.61 Å². The lowest BCUT2D eigenvalue weighted by Gasteiger charge is -2.33. The summed E-state index contributed by atoms with van der Waals surface area (Å²) in [5.41, 5.74) is 4.54. The Hall–Kier alpha value is -3.39. The van der Waals surface area contributed by atoms with Gasteiger partial charge < -0.3 is 24.8 Å². The van der Waals surface area contributed by atoms with Crippen molar-refractivity contribution in [2.75, 3.05) is 26.4 Å². The zero-order chi connectivity index (χ0) is 22.7. The van der Waals surface area contributed by atoms with Crippen LogP contribution in [0.3, 0.4) is 0 Å². The molecule has 1 unspecified atom stereocenters. The number of ether oxygens (including phenoxy) is 2. The van der Waals surface area contributed by atoms with Crippen LogP contribution in [0.2, 0.25) is 0 Å². The minimum absolute atomic E-state index is 0.0199. The predicted octanol–water partition coefficient (Wildman–Crippen LogP) is 2.62. The van der Waals surface area contributed by atoms with Crippen molar-refractivity contribution in [2.24, 2.45) is 0 Å². The fourth-order valence-corrected chi connectivity index (χ4v) is 4.38. The maximum absolute atomic E-state index is 12.6. The van der Waals surface area contributed by atoms with Crippen molar-refractivity contribution in [1.82, 2.24) is 10.2 Å². The molecule has 0 radical (unpaired) electrons. The zero-order valence-corrected chi connectivity index (χ0v) is 17.8. The van der Waals surface area contributed by atoms with E-state index in [0.29, 0.717) is 6.61 Å². The molecule has 1 aliphatic carbocycles. The molecule has 8 heteroatoms. The van der Waals surface area contributed by atoms with Crippen LogP contribution in [0.15, 0.2) is 48.5 Å². The molecule has 2 aromatic rings. The Kier molecular flexibility index (Phi) is 6.41. The van der Waals surface area contributed by atoms with E-state index in [1.54, 1.807) is 6.92 Å². The summed E-state index contributed by atoms with van der Waals surface area (Å²) in [5.74, 6) is -1.49. The Morgan fingerprint density at radius 3 is 2.38 bits per heavy atom. The second-order valence-electron chi connectivity index (χ2n) is 8.09. The Morgan fingerprint density at radius 2 is 1.75 bits per heavy atom. The maximum atomic E-state index is 12.6. The van der Waals surface area contributed by atoms with Gasteiger partial charge in [-0.15, -0.1) is 0 Å². The molecular weight excluding hydrogens is 412 g/mol. The standard InChI is InChI=1S/C24H26N2O6/c1-15(12-22(27)26-10-11-31-14-21(26)23(28)29)25-24(30)32-13-20-18-8-4-2-6-16(18)17-7-3-5-9-19(17)20/h2-9,15,20-21H,10-14H2,1H3,(H,25,30)(H,28,29)/t15-,21?/m1/s1. The number of aliphatic carboxylic acids is 1. The SMILES string of the molecule is C[C@H](CC(=O)N1CCOCC1C(=O)O)NC(=O)OCC1c2ccccc2-c2ccccc21. The lowest BCUT2D eigenvalue weighted by Crippen LogP contribution is -2.53. The van der Waals surface area contributed by atoms with E-state index in [4.69, 9.17) is 9.47 Å². The van der Waals surface area contributed by atoms with E-state index in [2.05, 4.69) is 17.4 Å². The van der Waals surface area contributed by atoms with E-state index in [0.717, 1.165) is 22.3 Å². The smallest absolute Gasteiger partial charge is 0.407 e.